The van der Waals surface area contributed by atoms with Crippen molar-refractivity contribution < 1.29 is 19.2 Å². The molecule has 0 radical (unpaired) electrons. The van der Waals surface area contributed by atoms with Crippen LogP contribution in [0.25, 0.3) is 6.08 Å². The summed E-state index contributed by atoms with van der Waals surface area (Å²) in [4.78, 5) is 23.0. The zero-order valence-electron chi connectivity index (χ0n) is 16.9. The highest BCUT2D eigenvalue weighted by Gasteiger charge is 2.11. The normalized spacial score (nSPS) is 10.8. The minimum absolute atomic E-state index is 0.0141. The number of nitro benzene ring substituents is 1. The van der Waals surface area contributed by atoms with Gasteiger partial charge in [-0.2, -0.15) is 0 Å². The molecule has 6 nitrogen and oxygen atoms in total. The highest BCUT2D eigenvalue weighted by atomic mass is 16.6. The van der Waals surface area contributed by atoms with Crippen molar-refractivity contribution in [3.8, 4) is 11.5 Å². The highest BCUT2D eigenvalue weighted by molar-refractivity contribution is 6.07. The molecule has 0 aliphatic carbocycles. The molecule has 0 saturated carbocycles. The Morgan fingerprint density at radius 2 is 1.69 bits per heavy atom. The third-order valence-electron chi connectivity index (χ3n) is 4.25. The van der Waals surface area contributed by atoms with E-state index < -0.39 is 4.92 Å². The van der Waals surface area contributed by atoms with Gasteiger partial charge in [-0.05, 0) is 42.7 Å². The van der Waals surface area contributed by atoms with Gasteiger partial charge in [-0.3, -0.25) is 14.9 Å². The van der Waals surface area contributed by atoms with Crippen molar-refractivity contribution in [3.63, 3.8) is 0 Å². The number of ketones is 1. The monoisotopic (exact) mass is 397 g/mol. The molecule has 0 aromatic heterocycles. The Hall–Kier alpha value is -3.15. The molecule has 0 aliphatic rings. The fraction of sp³-hybridized carbons (Fsp3) is 0.348. The maximum atomic E-state index is 12.6. The summed E-state index contributed by atoms with van der Waals surface area (Å²) < 4.78 is 11.6. The molecule has 0 saturated heterocycles. The van der Waals surface area contributed by atoms with Gasteiger partial charge in [0, 0.05) is 17.7 Å². The number of rotatable bonds is 12. The molecule has 2 aromatic carbocycles. The van der Waals surface area contributed by atoms with Crippen molar-refractivity contribution in [2.24, 2.45) is 0 Å². The van der Waals surface area contributed by atoms with E-state index in [1.165, 1.54) is 18.2 Å². The number of ether oxygens (including phenoxy) is 2. The van der Waals surface area contributed by atoms with Gasteiger partial charge in [0.05, 0.1) is 18.1 Å². The average Bonchev–Trinajstić information content (AvgIpc) is 2.73. The lowest BCUT2D eigenvalue weighted by Gasteiger charge is -2.13. The quantitative estimate of drug-likeness (QED) is 0.148. The molecule has 154 valence electrons. The van der Waals surface area contributed by atoms with Crippen molar-refractivity contribution in [3.05, 3.63) is 69.8 Å². The largest absolute Gasteiger partial charge is 0.490 e. The van der Waals surface area contributed by atoms with Crippen molar-refractivity contribution in [1.82, 2.24) is 0 Å². The van der Waals surface area contributed by atoms with E-state index in [-0.39, 0.29) is 11.5 Å². The van der Waals surface area contributed by atoms with Gasteiger partial charge < -0.3 is 9.47 Å². The number of hydrogen-bond acceptors (Lipinski definition) is 5. The molecule has 0 heterocycles. The fourth-order valence-corrected chi connectivity index (χ4v) is 2.56. The molecule has 0 aliphatic heterocycles. The van der Waals surface area contributed by atoms with Crippen molar-refractivity contribution in [2.75, 3.05) is 13.2 Å². The topological polar surface area (TPSA) is 78.7 Å². The second-order valence-electron chi connectivity index (χ2n) is 6.62. The maximum Gasteiger partial charge on any atom is 0.270 e. The standard InChI is InChI=1S/C23H27NO5/c1-3-5-14-28-22-13-11-19(17-23(22)29-15-6-4-2)21(25)12-10-18-8-7-9-20(16-18)24(26)27/h7-13,16-17H,3-6,14-15H2,1-2H3. The lowest BCUT2D eigenvalue weighted by atomic mass is 10.1. The number of nitro groups is 1. The number of carbonyl (C=O) groups is 1. The summed E-state index contributed by atoms with van der Waals surface area (Å²) in [6.07, 6.45) is 6.88. The second-order valence-corrected chi connectivity index (χ2v) is 6.62. The Bertz CT molecular complexity index is 860. The van der Waals surface area contributed by atoms with E-state index in [1.54, 1.807) is 36.4 Å². The van der Waals surface area contributed by atoms with Crippen LogP contribution >= 0.6 is 0 Å². The number of benzene rings is 2. The van der Waals surface area contributed by atoms with Gasteiger partial charge in [0.1, 0.15) is 0 Å². The molecule has 0 spiro atoms. The molecule has 29 heavy (non-hydrogen) atoms. The van der Waals surface area contributed by atoms with Gasteiger partial charge in [-0.1, -0.05) is 44.9 Å². The van der Waals surface area contributed by atoms with E-state index in [2.05, 4.69) is 13.8 Å². The minimum atomic E-state index is -0.462. The lowest BCUT2D eigenvalue weighted by Crippen LogP contribution is -2.04. The zero-order chi connectivity index (χ0) is 21.1. The third kappa shape index (κ3) is 7.07. The van der Waals surface area contributed by atoms with Crippen LogP contribution in [-0.4, -0.2) is 23.9 Å². The van der Waals surface area contributed by atoms with Crippen LogP contribution in [0.5, 0.6) is 11.5 Å². The van der Waals surface area contributed by atoms with Crippen LogP contribution in [0, 0.1) is 10.1 Å². The molecule has 0 unspecified atom stereocenters. The van der Waals surface area contributed by atoms with Gasteiger partial charge >= 0.3 is 0 Å². The third-order valence-corrected chi connectivity index (χ3v) is 4.25. The van der Waals surface area contributed by atoms with Crippen LogP contribution in [-0.2, 0) is 0 Å². The highest BCUT2D eigenvalue weighted by Crippen LogP contribution is 2.29. The van der Waals surface area contributed by atoms with Crippen LogP contribution in [0.15, 0.2) is 48.5 Å². The van der Waals surface area contributed by atoms with E-state index in [4.69, 9.17) is 9.47 Å². The van der Waals surface area contributed by atoms with Crippen LogP contribution < -0.4 is 9.47 Å². The Labute approximate surface area is 171 Å². The first kappa shape index (κ1) is 22.1. The SMILES string of the molecule is CCCCOc1ccc(C(=O)C=Cc2cccc([N+](=O)[O-])c2)cc1OCCCC. The zero-order valence-corrected chi connectivity index (χ0v) is 16.9. The van der Waals surface area contributed by atoms with Crippen LogP contribution in [0.1, 0.15) is 55.5 Å². The van der Waals surface area contributed by atoms with Crippen LogP contribution in [0.3, 0.4) is 0 Å². The molecule has 0 atom stereocenters. The Kier molecular flexibility index (Phi) is 8.89. The molecular weight excluding hydrogens is 370 g/mol. The molecule has 0 fully saturated rings. The van der Waals surface area contributed by atoms with Crippen LogP contribution in [0.4, 0.5) is 5.69 Å². The number of hydrogen-bond donors (Lipinski definition) is 0. The van der Waals surface area contributed by atoms with Crippen molar-refractivity contribution in [2.45, 2.75) is 39.5 Å². The van der Waals surface area contributed by atoms with Crippen molar-refractivity contribution >= 4 is 17.5 Å². The van der Waals surface area contributed by atoms with Gasteiger partial charge in [0.25, 0.3) is 5.69 Å². The van der Waals surface area contributed by atoms with E-state index in [1.807, 2.05) is 0 Å². The summed E-state index contributed by atoms with van der Waals surface area (Å²) in [5.74, 6) is 0.981. The van der Waals surface area contributed by atoms with Gasteiger partial charge in [-0.25, -0.2) is 0 Å². The summed E-state index contributed by atoms with van der Waals surface area (Å²) in [7, 11) is 0. The van der Waals surface area contributed by atoms with E-state index in [9.17, 15) is 14.9 Å². The van der Waals surface area contributed by atoms with Gasteiger partial charge in [0.15, 0.2) is 17.3 Å². The van der Waals surface area contributed by atoms with Gasteiger partial charge in [0.2, 0.25) is 0 Å². The van der Waals surface area contributed by atoms with Gasteiger partial charge in [-0.15, -0.1) is 0 Å². The number of nitrogens with zero attached hydrogens (tertiary/aromatic N) is 1. The predicted octanol–water partition coefficient (Wildman–Crippen LogP) is 5.85. The molecule has 0 bridgehead atoms. The number of carbonyl (C=O) groups excluding carboxylic acids is 1. The maximum absolute atomic E-state index is 12.6. The van der Waals surface area contributed by atoms with Crippen LogP contribution in [0.2, 0.25) is 0 Å². The summed E-state index contributed by atoms with van der Waals surface area (Å²) in [5.41, 5.74) is 1.05. The average molecular weight is 397 g/mol. The Morgan fingerprint density at radius 1 is 1.00 bits per heavy atom. The minimum Gasteiger partial charge on any atom is -0.490 e. The lowest BCUT2D eigenvalue weighted by molar-refractivity contribution is -0.384. The fourth-order valence-electron chi connectivity index (χ4n) is 2.56. The smallest absolute Gasteiger partial charge is 0.270 e. The summed E-state index contributed by atoms with van der Waals surface area (Å²) in [6, 6.07) is 11.3. The Balaban J connectivity index is 2.16. The molecule has 0 N–H and O–H groups in total. The number of unbranched alkanes of at least 4 members (excludes halogenated alkanes) is 2. The molecule has 2 aromatic rings. The van der Waals surface area contributed by atoms with E-state index in [0.29, 0.717) is 35.8 Å². The number of allylic oxidation sites excluding steroid dienone is 1. The summed E-state index contributed by atoms with van der Waals surface area (Å²) in [6.45, 7) is 5.33. The summed E-state index contributed by atoms with van der Waals surface area (Å²) in [5, 5.41) is 10.9. The first-order valence-electron chi connectivity index (χ1n) is 9.91. The number of non-ortho nitro benzene ring substituents is 1. The first-order valence-corrected chi connectivity index (χ1v) is 9.91. The molecule has 0 amide bonds. The molecule has 2 rings (SSSR count). The van der Waals surface area contributed by atoms with E-state index in [0.717, 1.165) is 25.7 Å². The second kappa shape index (κ2) is 11.6. The predicted molar refractivity (Wildman–Crippen MR) is 114 cm³/mol. The Morgan fingerprint density at radius 3 is 2.34 bits per heavy atom. The molecule has 6 heteroatoms. The van der Waals surface area contributed by atoms with Crippen molar-refractivity contribution in [1.29, 1.82) is 0 Å². The molecular formula is C23H27NO5. The first-order chi connectivity index (χ1) is 14.0. The summed E-state index contributed by atoms with van der Waals surface area (Å²) >= 11 is 0. The van der Waals surface area contributed by atoms with E-state index >= 15 is 0 Å².